The van der Waals surface area contributed by atoms with Gasteiger partial charge in [-0.05, 0) is 62.3 Å². The van der Waals surface area contributed by atoms with E-state index in [1.54, 1.807) is 0 Å². The molecule has 0 spiro atoms. The summed E-state index contributed by atoms with van der Waals surface area (Å²) in [7, 11) is 0. The van der Waals surface area contributed by atoms with Gasteiger partial charge in [-0.25, -0.2) is 0 Å². The molecule has 1 aliphatic heterocycles. The molecule has 3 rings (SSSR count). The average molecular weight is 401 g/mol. The number of nitrogens with zero attached hydrogens (tertiary/aromatic N) is 1. The van der Waals surface area contributed by atoms with E-state index < -0.39 is 5.41 Å². The lowest BCUT2D eigenvalue weighted by atomic mass is 9.92. The van der Waals surface area contributed by atoms with Gasteiger partial charge in [0.15, 0.2) is 0 Å². The SMILES string of the molecule is Cc1csc(C(=O)Nc2ccc3c(c2)OCC(C)(C)C(=O)N3CCC(C)C)c1. The van der Waals surface area contributed by atoms with Crippen LogP contribution in [-0.2, 0) is 4.79 Å². The van der Waals surface area contributed by atoms with Gasteiger partial charge >= 0.3 is 0 Å². The summed E-state index contributed by atoms with van der Waals surface area (Å²) in [6.45, 7) is 11.0. The summed E-state index contributed by atoms with van der Waals surface area (Å²) in [5.41, 5.74) is 1.89. The van der Waals surface area contributed by atoms with E-state index >= 15 is 0 Å². The Balaban J connectivity index is 1.87. The molecule has 0 fully saturated rings. The fourth-order valence-corrected chi connectivity index (χ4v) is 3.87. The number of nitrogens with one attached hydrogen (secondary N) is 1. The molecular formula is C22H28N2O3S. The third-order valence-corrected chi connectivity index (χ3v) is 5.85. The fourth-order valence-electron chi connectivity index (χ4n) is 3.08. The first-order valence-corrected chi connectivity index (χ1v) is 10.5. The molecule has 0 saturated heterocycles. The molecule has 0 aliphatic carbocycles. The molecule has 5 nitrogen and oxygen atoms in total. The molecule has 2 aromatic rings. The van der Waals surface area contributed by atoms with E-state index in [9.17, 15) is 9.59 Å². The maximum atomic E-state index is 13.1. The number of thiophene rings is 1. The van der Waals surface area contributed by atoms with Crippen molar-refractivity contribution in [3.63, 3.8) is 0 Å². The van der Waals surface area contributed by atoms with Gasteiger partial charge < -0.3 is 15.0 Å². The molecular weight excluding hydrogens is 372 g/mol. The first-order chi connectivity index (χ1) is 13.2. The van der Waals surface area contributed by atoms with Gasteiger partial charge in [-0.1, -0.05) is 13.8 Å². The number of hydrogen-bond donors (Lipinski definition) is 1. The predicted octanol–water partition coefficient (Wildman–Crippen LogP) is 5.11. The van der Waals surface area contributed by atoms with E-state index in [2.05, 4.69) is 19.2 Å². The third kappa shape index (κ3) is 4.38. The minimum atomic E-state index is -0.603. The van der Waals surface area contributed by atoms with Crippen molar-refractivity contribution in [2.75, 3.05) is 23.4 Å². The Morgan fingerprint density at radius 3 is 2.71 bits per heavy atom. The summed E-state index contributed by atoms with van der Waals surface area (Å²) in [6, 6.07) is 7.37. The van der Waals surface area contributed by atoms with Crippen molar-refractivity contribution in [3.05, 3.63) is 40.1 Å². The normalized spacial score (nSPS) is 15.8. The van der Waals surface area contributed by atoms with Gasteiger partial charge in [-0.3, -0.25) is 9.59 Å². The van der Waals surface area contributed by atoms with E-state index in [4.69, 9.17) is 4.74 Å². The van der Waals surface area contributed by atoms with Crippen molar-refractivity contribution in [1.29, 1.82) is 0 Å². The molecule has 0 radical (unpaired) electrons. The number of rotatable bonds is 5. The van der Waals surface area contributed by atoms with E-state index in [-0.39, 0.29) is 11.8 Å². The quantitative estimate of drug-likeness (QED) is 0.759. The molecule has 150 valence electrons. The lowest BCUT2D eigenvalue weighted by Crippen LogP contribution is -2.42. The van der Waals surface area contributed by atoms with Crippen molar-refractivity contribution in [2.45, 2.75) is 41.0 Å². The number of hydrogen-bond acceptors (Lipinski definition) is 4. The van der Waals surface area contributed by atoms with Crippen LogP contribution < -0.4 is 15.0 Å². The maximum absolute atomic E-state index is 13.1. The highest BCUT2D eigenvalue weighted by Gasteiger charge is 2.37. The zero-order valence-electron chi connectivity index (χ0n) is 17.2. The Morgan fingerprint density at radius 2 is 2.07 bits per heavy atom. The first-order valence-electron chi connectivity index (χ1n) is 9.62. The van der Waals surface area contributed by atoms with Gasteiger partial charge in [0.05, 0.1) is 16.0 Å². The molecule has 1 aromatic carbocycles. The molecule has 1 aliphatic rings. The van der Waals surface area contributed by atoms with Crippen LogP contribution in [0.3, 0.4) is 0 Å². The highest BCUT2D eigenvalue weighted by Crippen LogP contribution is 2.38. The first kappa shape index (κ1) is 20.4. The summed E-state index contributed by atoms with van der Waals surface area (Å²) in [5.74, 6) is 1.05. The average Bonchev–Trinajstić information content (AvgIpc) is 3.04. The fraction of sp³-hybridized carbons (Fsp3) is 0.455. The number of benzene rings is 1. The summed E-state index contributed by atoms with van der Waals surface area (Å²) in [6.07, 6.45) is 0.914. The monoisotopic (exact) mass is 400 g/mol. The molecule has 1 aromatic heterocycles. The largest absolute Gasteiger partial charge is 0.490 e. The maximum Gasteiger partial charge on any atom is 0.265 e. The number of carbonyl (C=O) groups is 2. The second-order valence-corrected chi connectivity index (χ2v) is 9.35. The molecule has 2 amide bonds. The lowest BCUT2D eigenvalue weighted by molar-refractivity contribution is -0.127. The van der Waals surface area contributed by atoms with Crippen molar-refractivity contribution in [3.8, 4) is 5.75 Å². The van der Waals surface area contributed by atoms with Gasteiger partial charge in [0.1, 0.15) is 12.4 Å². The molecule has 0 bridgehead atoms. The van der Waals surface area contributed by atoms with Crippen molar-refractivity contribution in [1.82, 2.24) is 0 Å². The van der Waals surface area contributed by atoms with Crippen LogP contribution in [0.4, 0.5) is 11.4 Å². The minimum Gasteiger partial charge on any atom is -0.490 e. The Kier molecular flexibility index (Phi) is 5.79. The van der Waals surface area contributed by atoms with Crippen LogP contribution in [0.1, 0.15) is 49.4 Å². The summed E-state index contributed by atoms with van der Waals surface area (Å²) < 4.78 is 5.99. The van der Waals surface area contributed by atoms with Crippen LogP contribution in [0.5, 0.6) is 5.75 Å². The summed E-state index contributed by atoms with van der Waals surface area (Å²) in [4.78, 5) is 28.0. The van der Waals surface area contributed by atoms with Gasteiger partial charge in [0.2, 0.25) is 5.91 Å². The topological polar surface area (TPSA) is 58.6 Å². The summed E-state index contributed by atoms with van der Waals surface area (Å²) in [5, 5.41) is 4.88. The molecule has 0 atom stereocenters. The van der Waals surface area contributed by atoms with Gasteiger partial charge in [0, 0.05) is 18.3 Å². The predicted molar refractivity (Wildman–Crippen MR) is 115 cm³/mol. The van der Waals surface area contributed by atoms with Gasteiger partial charge in [-0.2, -0.15) is 0 Å². The van der Waals surface area contributed by atoms with Crippen molar-refractivity contribution >= 4 is 34.5 Å². The van der Waals surface area contributed by atoms with Crippen LogP contribution in [0, 0.1) is 18.3 Å². The summed E-state index contributed by atoms with van der Waals surface area (Å²) >= 11 is 1.42. The minimum absolute atomic E-state index is 0.0674. The highest BCUT2D eigenvalue weighted by molar-refractivity contribution is 7.12. The van der Waals surface area contributed by atoms with Crippen LogP contribution in [-0.4, -0.2) is 25.0 Å². The number of fused-ring (bicyclic) bond motifs is 1. The molecule has 0 unspecified atom stereocenters. The number of anilines is 2. The zero-order chi connectivity index (χ0) is 20.5. The second kappa shape index (κ2) is 7.95. The third-order valence-electron chi connectivity index (χ3n) is 4.81. The standard InChI is InChI=1S/C22H28N2O3S/c1-14(2)8-9-24-17-7-6-16(23-20(25)19-10-15(3)12-28-19)11-18(17)27-13-22(4,5)21(24)26/h6-7,10-12,14H,8-9,13H2,1-5H3,(H,23,25). The van der Waals surface area contributed by atoms with Crippen molar-refractivity contribution in [2.24, 2.45) is 11.3 Å². The second-order valence-electron chi connectivity index (χ2n) is 8.44. The van der Waals surface area contributed by atoms with Crippen LogP contribution in [0.2, 0.25) is 0 Å². The smallest absolute Gasteiger partial charge is 0.265 e. The molecule has 28 heavy (non-hydrogen) atoms. The van der Waals surface area contributed by atoms with Gasteiger partial charge in [-0.15, -0.1) is 11.3 Å². The van der Waals surface area contributed by atoms with E-state index in [0.717, 1.165) is 17.7 Å². The van der Waals surface area contributed by atoms with Crippen LogP contribution >= 0.6 is 11.3 Å². The number of aryl methyl sites for hydroxylation is 1. The van der Waals surface area contributed by atoms with Crippen LogP contribution in [0.25, 0.3) is 0 Å². The van der Waals surface area contributed by atoms with Gasteiger partial charge in [0.25, 0.3) is 5.91 Å². The lowest BCUT2D eigenvalue weighted by Gasteiger charge is -2.28. The molecule has 6 heteroatoms. The Morgan fingerprint density at radius 1 is 1.32 bits per heavy atom. The molecule has 0 saturated carbocycles. The Hall–Kier alpha value is -2.34. The highest BCUT2D eigenvalue weighted by atomic mass is 32.1. The number of carbonyl (C=O) groups excluding carboxylic acids is 2. The van der Waals surface area contributed by atoms with Crippen molar-refractivity contribution < 1.29 is 14.3 Å². The molecule has 1 N–H and O–H groups in total. The van der Waals surface area contributed by atoms with E-state index in [0.29, 0.717) is 35.4 Å². The number of amides is 2. The molecule has 2 heterocycles. The van der Waals surface area contributed by atoms with E-state index in [1.165, 1.54) is 11.3 Å². The Labute approximate surface area is 170 Å². The number of ether oxygens (including phenoxy) is 1. The Bertz CT molecular complexity index is 886. The van der Waals surface area contributed by atoms with E-state index in [1.807, 2.05) is 55.3 Å². The van der Waals surface area contributed by atoms with Crippen LogP contribution in [0.15, 0.2) is 29.6 Å². The zero-order valence-corrected chi connectivity index (χ0v) is 18.0.